The maximum Gasteiger partial charge on any atom is 0.243 e. The molecule has 0 saturated heterocycles. The van der Waals surface area contributed by atoms with Crippen molar-refractivity contribution in [2.75, 3.05) is 0 Å². The number of rotatable bonds is 2. The molecule has 0 aliphatic rings. The highest BCUT2D eigenvalue weighted by molar-refractivity contribution is 4.64. The minimum absolute atomic E-state index is 0. The zero-order chi connectivity index (χ0) is 12.0. The second-order valence-corrected chi connectivity index (χ2v) is 3.82. The lowest BCUT2D eigenvalue weighted by molar-refractivity contribution is -0.671. The summed E-state index contributed by atoms with van der Waals surface area (Å²) in [4.78, 5) is 0. The van der Waals surface area contributed by atoms with E-state index in [1.165, 1.54) is 0 Å². The van der Waals surface area contributed by atoms with E-state index in [-0.39, 0.29) is 9.41 Å². The van der Waals surface area contributed by atoms with Gasteiger partial charge < -0.3 is 9.41 Å². The van der Waals surface area contributed by atoms with E-state index in [2.05, 4.69) is 48.0 Å². The second kappa shape index (κ2) is 9.32. The van der Waals surface area contributed by atoms with Crippen molar-refractivity contribution in [1.29, 1.82) is 0 Å². The Labute approximate surface area is 107 Å². The van der Waals surface area contributed by atoms with Crippen LogP contribution in [0.1, 0.15) is 13.8 Å². The van der Waals surface area contributed by atoms with Gasteiger partial charge in [-0.2, -0.15) is 0 Å². The highest BCUT2D eigenvalue weighted by atomic mass is 19.0. The van der Waals surface area contributed by atoms with Crippen molar-refractivity contribution in [1.82, 2.24) is 9.13 Å². The van der Waals surface area contributed by atoms with E-state index in [4.69, 9.17) is 0 Å². The van der Waals surface area contributed by atoms with Gasteiger partial charge in [0.2, 0.25) is 12.7 Å². The Kier molecular flexibility index (Phi) is 9.66. The monoisotopic (exact) mass is 260 g/mol. The van der Waals surface area contributed by atoms with Gasteiger partial charge in [-0.3, -0.25) is 0 Å². The molecule has 2 rings (SSSR count). The molecular weight excluding hydrogens is 238 g/mol. The third-order valence-corrected chi connectivity index (χ3v) is 2.38. The maximum atomic E-state index is 2.12. The molecular formula is C12H22F2N4. The van der Waals surface area contributed by atoms with Crippen LogP contribution in [0.15, 0.2) is 37.4 Å². The van der Waals surface area contributed by atoms with E-state index >= 15 is 0 Å². The maximum absolute atomic E-state index is 2.12. The molecule has 6 heteroatoms. The van der Waals surface area contributed by atoms with Crippen LogP contribution in [0, 0.1) is 0 Å². The summed E-state index contributed by atoms with van der Waals surface area (Å²) < 4.78 is 8.31. The topological polar surface area (TPSA) is 17.6 Å². The summed E-state index contributed by atoms with van der Waals surface area (Å²) in [6.45, 7) is 6.36. The third-order valence-electron chi connectivity index (χ3n) is 2.38. The fraction of sp³-hybridized carbons (Fsp3) is 0.500. The van der Waals surface area contributed by atoms with Gasteiger partial charge in [0.1, 0.15) is 24.8 Å². The molecule has 0 aliphatic heterocycles. The van der Waals surface area contributed by atoms with Crippen LogP contribution in [0.2, 0.25) is 0 Å². The minimum atomic E-state index is 0. The molecule has 4 nitrogen and oxygen atoms in total. The molecule has 0 N–H and O–H groups in total. The molecule has 0 aliphatic carbocycles. The largest absolute Gasteiger partial charge is 1.00 e. The number of imidazole rings is 2. The van der Waals surface area contributed by atoms with Crippen molar-refractivity contribution in [3.05, 3.63) is 37.4 Å². The Bertz CT molecular complexity index is 383. The van der Waals surface area contributed by atoms with Crippen LogP contribution >= 0.6 is 0 Å². The Morgan fingerprint density at radius 1 is 0.778 bits per heavy atom. The van der Waals surface area contributed by atoms with Gasteiger partial charge in [0.25, 0.3) is 0 Å². The highest BCUT2D eigenvalue weighted by Crippen LogP contribution is 1.79. The lowest BCUT2D eigenvalue weighted by Crippen LogP contribution is -3.00. The molecule has 104 valence electrons. The summed E-state index contributed by atoms with van der Waals surface area (Å²) in [5.41, 5.74) is 0. The fourth-order valence-corrected chi connectivity index (χ4v) is 1.38. The molecule has 2 aromatic heterocycles. The number of hydrogen-bond donors (Lipinski definition) is 0. The molecule has 0 radical (unpaired) electrons. The van der Waals surface area contributed by atoms with Gasteiger partial charge >= 0.3 is 0 Å². The van der Waals surface area contributed by atoms with Gasteiger partial charge in [-0.05, 0) is 13.8 Å². The first-order valence-corrected chi connectivity index (χ1v) is 5.67. The Hall–Kier alpha value is -1.72. The summed E-state index contributed by atoms with van der Waals surface area (Å²) in [6, 6.07) is 0. The van der Waals surface area contributed by atoms with E-state index < -0.39 is 0 Å². The molecule has 18 heavy (non-hydrogen) atoms. The first-order valence-electron chi connectivity index (χ1n) is 5.67. The van der Waals surface area contributed by atoms with E-state index in [1.54, 1.807) is 0 Å². The van der Waals surface area contributed by atoms with E-state index in [1.807, 2.05) is 35.6 Å². The summed E-state index contributed by atoms with van der Waals surface area (Å²) in [6.07, 6.45) is 12.3. The van der Waals surface area contributed by atoms with Crippen LogP contribution in [0.25, 0.3) is 0 Å². The van der Waals surface area contributed by atoms with Crippen molar-refractivity contribution >= 4 is 0 Å². The van der Waals surface area contributed by atoms with Gasteiger partial charge in [-0.1, -0.05) is 0 Å². The SMILES string of the molecule is CCn1cc[n+](C)c1.CCn1cc[n+](C)c1.[F-].[F-]. The second-order valence-electron chi connectivity index (χ2n) is 3.82. The number of hydrogen-bond acceptors (Lipinski definition) is 0. The summed E-state index contributed by atoms with van der Waals surface area (Å²) in [5.74, 6) is 0. The van der Waals surface area contributed by atoms with Crippen LogP contribution in [0.4, 0.5) is 0 Å². The zero-order valence-electron chi connectivity index (χ0n) is 11.4. The minimum Gasteiger partial charge on any atom is -1.00 e. The van der Waals surface area contributed by atoms with Crippen molar-refractivity contribution < 1.29 is 18.5 Å². The Morgan fingerprint density at radius 2 is 1.11 bits per heavy atom. The molecule has 0 aromatic carbocycles. The number of halogens is 2. The van der Waals surface area contributed by atoms with Crippen molar-refractivity contribution in [2.45, 2.75) is 26.9 Å². The fourth-order valence-electron chi connectivity index (χ4n) is 1.38. The summed E-state index contributed by atoms with van der Waals surface area (Å²) in [5, 5.41) is 0. The molecule has 0 atom stereocenters. The average Bonchev–Trinajstić information content (AvgIpc) is 2.88. The van der Waals surface area contributed by atoms with Gasteiger partial charge in [0.05, 0.1) is 27.2 Å². The van der Waals surface area contributed by atoms with E-state index in [9.17, 15) is 0 Å². The van der Waals surface area contributed by atoms with Gasteiger partial charge in [0, 0.05) is 0 Å². The van der Waals surface area contributed by atoms with E-state index in [0.717, 1.165) is 13.1 Å². The quantitative estimate of drug-likeness (QED) is 0.480. The molecule has 0 saturated carbocycles. The highest BCUT2D eigenvalue weighted by Gasteiger charge is 1.92. The first-order chi connectivity index (χ1) is 7.65. The lowest BCUT2D eigenvalue weighted by atomic mass is 10.7. The van der Waals surface area contributed by atoms with Crippen LogP contribution in [0.5, 0.6) is 0 Å². The van der Waals surface area contributed by atoms with Crippen LogP contribution < -0.4 is 18.5 Å². The van der Waals surface area contributed by atoms with Gasteiger partial charge in [0.15, 0.2) is 0 Å². The molecule has 0 bridgehead atoms. The number of nitrogens with zero attached hydrogens (tertiary/aromatic N) is 4. The predicted octanol–water partition coefficient (Wildman–Crippen LogP) is -5.33. The van der Waals surface area contributed by atoms with Gasteiger partial charge in [-0.25, -0.2) is 18.3 Å². The lowest BCUT2D eigenvalue weighted by Gasteiger charge is -1.81. The molecule has 0 spiro atoms. The summed E-state index contributed by atoms with van der Waals surface area (Å²) in [7, 11) is 4.04. The third kappa shape index (κ3) is 6.12. The first kappa shape index (κ1) is 18.6. The average molecular weight is 260 g/mol. The Balaban J connectivity index is 0. The smallest absolute Gasteiger partial charge is 0.243 e. The normalized spacial score (nSPS) is 8.67. The van der Waals surface area contributed by atoms with Crippen molar-refractivity contribution in [3.8, 4) is 0 Å². The predicted molar refractivity (Wildman–Crippen MR) is 62.6 cm³/mol. The molecule has 0 unspecified atom stereocenters. The number of aromatic nitrogens is 4. The molecule has 0 fully saturated rings. The Morgan fingerprint density at radius 3 is 1.22 bits per heavy atom. The molecule has 2 aromatic rings. The van der Waals surface area contributed by atoms with Crippen molar-refractivity contribution in [3.63, 3.8) is 0 Å². The van der Waals surface area contributed by atoms with Crippen LogP contribution in [-0.2, 0) is 27.2 Å². The standard InChI is InChI=1S/2C6H11N2.2FH/c2*1-3-8-5-4-7(2)6-8;;/h2*4-6H,3H2,1-2H3;2*1H/q2*+1;;/p-2. The van der Waals surface area contributed by atoms with Crippen LogP contribution in [0.3, 0.4) is 0 Å². The summed E-state index contributed by atoms with van der Waals surface area (Å²) >= 11 is 0. The van der Waals surface area contributed by atoms with E-state index in [0.29, 0.717) is 0 Å². The van der Waals surface area contributed by atoms with Gasteiger partial charge in [-0.15, -0.1) is 0 Å². The number of aryl methyl sites for hydroxylation is 4. The molecule has 2 heterocycles. The van der Waals surface area contributed by atoms with Crippen LogP contribution in [-0.4, -0.2) is 9.13 Å². The van der Waals surface area contributed by atoms with Crippen molar-refractivity contribution in [2.24, 2.45) is 14.1 Å². The zero-order valence-corrected chi connectivity index (χ0v) is 11.4. The molecule has 0 amide bonds.